The lowest BCUT2D eigenvalue weighted by Gasteiger charge is -2.23. The summed E-state index contributed by atoms with van der Waals surface area (Å²) in [6, 6.07) is 3.32. The van der Waals surface area contributed by atoms with Gasteiger partial charge in [-0.3, -0.25) is 9.59 Å². The fourth-order valence-electron chi connectivity index (χ4n) is 2.43. The van der Waals surface area contributed by atoms with Crippen LogP contribution in [0.1, 0.15) is 37.0 Å². The van der Waals surface area contributed by atoms with E-state index in [4.69, 9.17) is 10.5 Å². The summed E-state index contributed by atoms with van der Waals surface area (Å²) in [5, 5.41) is 0. The van der Waals surface area contributed by atoms with Gasteiger partial charge in [-0.05, 0) is 38.8 Å². The fraction of sp³-hybridized carbons (Fsp3) is 0.467. The maximum atomic E-state index is 12.3. The zero-order chi connectivity index (χ0) is 15.6. The number of carbonyl (C=O) groups is 2. The summed E-state index contributed by atoms with van der Waals surface area (Å²) in [7, 11) is 0. The van der Waals surface area contributed by atoms with Crippen LogP contribution in [0.4, 0.5) is 5.69 Å². The van der Waals surface area contributed by atoms with Gasteiger partial charge in [0.25, 0.3) is 5.91 Å². The number of ketones is 1. The number of nitrogens with zero attached hydrogens (tertiary/aromatic N) is 1. The van der Waals surface area contributed by atoms with Crippen LogP contribution in [0.15, 0.2) is 16.6 Å². The molecule has 1 aromatic rings. The molecule has 1 heterocycles. The number of benzene rings is 1. The first-order valence-electron chi connectivity index (χ1n) is 6.95. The van der Waals surface area contributed by atoms with Crippen molar-refractivity contribution in [3.63, 3.8) is 0 Å². The second kappa shape index (κ2) is 6.47. The van der Waals surface area contributed by atoms with Gasteiger partial charge in [-0.25, -0.2) is 0 Å². The Balaban J connectivity index is 2.22. The lowest BCUT2D eigenvalue weighted by Crippen LogP contribution is -2.38. The predicted octanol–water partition coefficient (Wildman–Crippen LogP) is 2.62. The highest BCUT2D eigenvalue weighted by Crippen LogP contribution is 2.32. The molecule has 2 N–H and O–H groups in total. The van der Waals surface area contributed by atoms with Crippen LogP contribution in [0.25, 0.3) is 0 Å². The second-order valence-corrected chi connectivity index (χ2v) is 6.14. The molecule has 1 atom stereocenters. The summed E-state index contributed by atoms with van der Waals surface area (Å²) in [6.45, 7) is 4.66. The van der Waals surface area contributed by atoms with E-state index in [1.807, 2.05) is 0 Å². The maximum absolute atomic E-state index is 12.3. The first-order valence-corrected chi connectivity index (χ1v) is 7.75. The average molecular weight is 355 g/mol. The van der Waals surface area contributed by atoms with Crippen molar-refractivity contribution in [3.05, 3.63) is 22.2 Å². The Hall–Kier alpha value is -1.56. The number of rotatable bonds is 4. The van der Waals surface area contributed by atoms with E-state index in [0.29, 0.717) is 15.7 Å². The zero-order valence-electron chi connectivity index (χ0n) is 12.2. The molecule has 114 valence electrons. The number of carbonyl (C=O) groups excluding carboxylic acids is 2. The Labute approximate surface area is 132 Å². The molecular formula is C15H19BrN2O3. The highest BCUT2D eigenvalue weighted by molar-refractivity contribution is 9.10. The zero-order valence-corrected chi connectivity index (χ0v) is 13.8. The number of ether oxygens (including phenoxy) is 1. The van der Waals surface area contributed by atoms with Crippen molar-refractivity contribution < 1.29 is 14.3 Å². The average Bonchev–Trinajstić information content (AvgIpc) is 2.94. The third-order valence-electron chi connectivity index (χ3n) is 3.52. The minimum atomic E-state index is -0.662. The maximum Gasteiger partial charge on any atom is 0.263 e. The lowest BCUT2D eigenvalue weighted by molar-refractivity contribution is -0.136. The summed E-state index contributed by atoms with van der Waals surface area (Å²) in [5.74, 6) is 0.0638. The number of halogens is 1. The van der Waals surface area contributed by atoms with E-state index >= 15 is 0 Å². The molecule has 1 fully saturated rings. The van der Waals surface area contributed by atoms with Crippen LogP contribution in [-0.4, -0.2) is 35.8 Å². The summed E-state index contributed by atoms with van der Waals surface area (Å²) >= 11 is 3.30. The van der Waals surface area contributed by atoms with Gasteiger partial charge in [0.1, 0.15) is 0 Å². The van der Waals surface area contributed by atoms with Gasteiger partial charge in [-0.15, -0.1) is 0 Å². The molecule has 1 unspecified atom stereocenters. The number of nitrogen functional groups attached to an aromatic ring is 1. The number of hydrogen-bond acceptors (Lipinski definition) is 4. The Morgan fingerprint density at radius 3 is 2.52 bits per heavy atom. The quantitative estimate of drug-likeness (QED) is 0.666. The van der Waals surface area contributed by atoms with E-state index in [9.17, 15) is 9.59 Å². The molecule has 0 aliphatic carbocycles. The van der Waals surface area contributed by atoms with Gasteiger partial charge < -0.3 is 15.4 Å². The van der Waals surface area contributed by atoms with Crippen LogP contribution >= 0.6 is 15.9 Å². The SMILES string of the molecule is CC(=O)c1cc(Br)cc(N)c1OC(C)C(=O)N1CCCC1. The van der Waals surface area contributed by atoms with Crippen LogP contribution in [-0.2, 0) is 4.79 Å². The van der Waals surface area contributed by atoms with Crippen molar-refractivity contribution in [2.24, 2.45) is 0 Å². The number of nitrogens with two attached hydrogens (primary N) is 1. The van der Waals surface area contributed by atoms with Crippen molar-refractivity contribution in [2.45, 2.75) is 32.8 Å². The molecule has 1 amide bonds. The van der Waals surface area contributed by atoms with Gasteiger partial charge in [0.15, 0.2) is 17.6 Å². The summed E-state index contributed by atoms with van der Waals surface area (Å²) in [6.07, 6.45) is 1.39. The Bertz CT molecular complexity index is 568. The monoisotopic (exact) mass is 354 g/mol. The highest BCUT2D eigenvalue weighted by atomic mass is 79.9. The van der Waals surface area contributed by atoms with Crippen molar-refractivity contribution in [2.75, 3.05) is 18.8 Å². The first-order chi connectivity index (χ1) is 9.90. The predicted molar refractivity (Wildman–Crippen MR) is 84.5 cm³/mol. The van der Waals surface area contributed by atoms with Crippen molar-refractivity contribution in [1.82, 2.24) is 4.90 Å². The Morgan fingerprint density at radius 1 is 1.33 bits per heavy atom. The van der Waals surface area contributed by atoms with Gasteiger partial charge in [0, 0.05) is 17.6 Å². The number of Topliss-reactive ketones (excluding diaryl/α,β-unsaturated/α-hetero) is 1. The number of amides is 1. The number of hydrogen-bond donors (Lipinski definition) is 1. The topological polar surface area (TPSA) is 72.6 Å². The molecule has 6 heteroatoms. The molecule has 0 bridgehead atoms. The van der Waals surface area contributed by atoms with Gasteiger partial charge >= 0.3 is 0 Å². The van der Waals surface area contributed by atoms with Crippen molar-refractivity contribution >= 4 is 33.3 Å². The highest BCUT2D eigenvalue weighted by Gasteiger charge is 2.26. The first kappa shape index (κ1) is 15.8. The fourth-order valence-corrected chi connectivity index (χ4v) is 2.91. The van der Waals surface area contributed by atoms with Gasteiger partial charge in [0.2, 0.25) is 0 Å². The number of likely N-dealkylation sites (tertiary alicyclic amines) is 1. The summed E-state index contributed by atoms with van der Waals surface area (Å²) < 4.78 is 6.41. The smallest absolute Gasteiger partial charge is 0.263 e. The van der Waals surface area contributed by atoms with E-state index in [1.165, 1.54) is 6.92 Å². The summed E-state index contributed by atoms with van der Waals surface area (Å²) in [5.41, 5.74) is 6.65. The third kappa shape index (κ3) is 3.56. The van der Waals surface area contributed by atoms with E-state index < -0.39 is 6.10 Å². The van der Waals surface area contributed by atoms with E-state index in [0.717, 1.165) is 25.9 Å². The van der Waals surface area contributed by atoms with Gasteiger partial charge in [0.05, 0.1) is 11.3 Å². The molecule has 2 rings (SSSR count). The number of anilines is 1. The molecule has 1 aromatic carbocycles. The second-order valence-electron chi connectivity index (χ2n) is 5.22. The minimum absolute atomic E-state index is 0.0654. The molecule has 0 aromatic heterocycles. The third-order valence-corrected chi connectivity index (χ3v) is 3.98. The molecule has 1 saturated heterocycles. The molecule has 5 nitrogen and oxygen atoms in total. The van der Waals surface area contributed by atoms with Crippen LogP contribution < -0.4 is 10.5 Å². The lowest BCUT2D eigenvalue weighted by atomic mass is 10.1. The van der Waals surface area contributed by atoms with Crippen LogP contribution in [0.3, 0.4) is 0 Å². The van der Waals surface area contributed by atoms with Crippen LogP contribution in [0.2, 0.25) is 0 Å². The molecule has 0 saturated carbocycles. The standard InChI is InChI=1S/C15H19BrN2O3/c1-9(19)12-7-11(16)8-13(17)14(12)21-10(2)15(20)18-5-3-4-6-18/h7-8,10H,3-6,17H2,1-2H3. The largest absolute Gasteiger partial charge is 0.478 e. The van der Waals surface area contributed by atoms with E-state index in [2.05, 4.69) is 15.9 Å². The van der Waals surface area contributed by atoms with E-state index in [1.54, 1.807) is 24.0 Å². The molecular weight excluding hydrogens is 336 g/mol. The van der Waals surface area contributed by atoms with Crippen molar-refractivity contribution in [1.29, 1.82) is 0 Å². The van der Waals surface area contributed by atoms with Crippen LogP contribution in [0.5, 0.6) is 5.75 Å². The Morgan fingerprint density at radius 2 is 1.95 bits per heavy atom. The molecule has 1 aliphatic heterocycles. The van der Waals surface area contributed by atoms with E-state index in [-0.39, 0.29) is 17.4 Å². The molecule has 0 radical (unpaired) electrons. The Kier molecular flexibility index (Phi) is 4.88. The molecule has 0 spiro atoms. The minimum Gasteiger partial charge on any atom is -0.478 e. The van der Waals surface area contributed by atoms with Gasteiger partial charge in [-0.2, -0.15) is 0 Å². The molecule has 1 aliphatic rings. The normalized spacial score (nSPS) is 15.9. The summed E-state index contributed by atoms with van der Waals surface area (Å²) in [4.78, 5) is 25.8. The molecule has 21 heavy (non-hydrogen) atoms. The van der Waals surface area contributed by atoms with Gasteiger partial charge in [-0.1, -0.05) is 15.9 Å². The van der Waals surface area contributed by atoms with Crippen LogP contribution in [0, 0.1) is 0 Å². The van der Waals surface area contributed by atoms with Crippen molar-refractivity contribution in [3.8, 4) is 5.75 Å².